The van der Waals surface area contributed by atoms with E-state index in [0.717, 1.165) is 73.2 Å². The summed E-state index contributed by atoms with van der Waals surface area (Å²) >= 11 is 0. The number of anilines is 3. The van der Waals surface area contributed by atoms with E-state index in [1.165, 1.54) is 0 Å². The van der Waals surface area contributed by atoms with Gasteiger partial charge in [0.05, 0.1) is 36.1 Å². The molecular weight excluding hydrogens is 528 g/mol. The molecular formula is C33H36N6O3. The number of nitrogens with one attached hydrogen (secondary N) is 3. The van der Waals surface area contributed by atoms with Crippen molar-refractivity contribution < 1.29 is 14.3 Å². The minimum Gasteiger partial charge on any atom is -0.379 e. The molecule has 3 N–H and O–H groups in total. The summed E-state index contributed by atoms with van der Waals surface area (Å²) in [6.45, 7) is 4.68. The van der Waals surface area contributed by atoms with Crippen molar-refractivity contribution in [2.45, 2.75) is 18.8 Å². The normalized spacial score (nSPS) is 16.1. The van der Waals surface area contributed by atoms with Crippen LogP contribution in [0, 0.1) is 0 Å². The second kappa shape index (κ2) is 12.6. The molecule has 6 rings (SSSR count). The van der Waals surface area contributed by atoms with Crippen molar-refractivity contribution in [2.24, 2.45) is 0 Å². The van der Waals surface area contributed by atoms with Gasteiger partial charge in [0, 0.05) is 56.2 Å². The lowest BCUT2D eigenvalue weighted by atomic mass is 9.94. The Hall–Kier alpha value is -4.47. The maximum Gasteiger partial charge on any atom is 0.257 e. The third kappa shape index (κ3) is 6.07. The Morgan fingerprint density at radius 3 is 2.52 bits per heavy atom. The number of rotatable bonds is 9. The zero-order valence-electron chi connectivity index (χ0n) is 23.8. The van der Waals surface area contributed by atoms with E-state index in [1.807, 2.05) is 79.8 Å². The van der Waals surface area contributed by atoms with Crippen molar-refractivity contribution in [1.29, 1.82) is 0 Å². The molecule has 42 heavy (non-hydrogen) atoms. The van der Waals surface area contributed by atoms with Crippen LogP contribution in [0.4, 0.5) is 17.2 Å². The summed E-state index contributed by atoms with van der Waals surface area (Å²) in [5.74, 6) is 0.0299. The van der Waals surface area contributed by atoms with Crippen molar-refractivity contribution in [3.8, 4) is 11.3 Å². The first-order chi connectivity index (χ1) is 20.6. The van der Waals surface area contributed by atoms with E-state index in [0.29, 0.717) is 24.3 Å². The van der Waals surface area contributed by atoms with Gasteiger partial charge in [-0.2, -0.15) is 0 Å². The number of H-pyrrole nitrogens is 1. The van der Waals surface area contributed by atoms with Gasteiger partial charge in [-0.3, -0.25) is 14.5 Å². The molecule has 4 heterocycles. The summed E-state index contributed by atoms with van der Waals surface area (Å²) in [4.78, 5) is 39.1. The summed E-state index contributed by atoms with van der Waals surface area (Å²) in [6, 6.07) is 23.5. The molecule has 2 aromatic carbocycles. The SMILES string of the molecule is CN1CCc2[nH]c(-c3ccnc(NC(=O)[C@H](CCN4CCOCC4)c4ccccc4)c3)c(Nc3ccccc3)c2C1=O. The second-order valence-electron chi connectivity index (χ2n) is 10.8. The fourth-order valence-corrected chi connectivity index (χ4v) is 5.69. The molecule has 216 valence electrons. The number of hydrogen-bond acceptors (Lipinski definition) is 6. The van der Waals surface area contributed by atoms with Crippen LogP contribution in [-0.2, 0) is 16.0 Å². The van der Waals surface area contributed by atoms with Gasteiger partial charge in [-0.1, -0.05) is 48.5 Å². The Balaban J connectivity index is 1.28. The molecule has 2 aliphatic heterocycles. The minimum absolute atomic E-state index is 0.0225. The number of hydrogen-bond donors (Lipinski definition) is 3. The standard InChI is InChI=1S/C33H36N6O3/c1-38-16-14-27-29(33(38)41)31(35-25-10-6-3-7-11-25)30(36-27)24-12-15-34-28(22-24)37-32(40)26(23-8-4-2-5-9-23)13-17-39-18-20-42-21-19-39/h2-12,15,22,26,35-36H,13-14,16-21H2,1H3,(H,34,37,40)/t26-/m1/s1. The van der Waals surface area contributed by atoms with Crippen LogP contribution in [0.1, 0.15) is 34.0 Å². The Morgan fingerprint density at radius 1 is 1.02 bits per heavy atom. The van der Waals surface area contributed by atoms with E-state index in [2.05, 4.69) is 25.5 Å². The van der Waals surface area contributed by atoms with Gasteiger partial charge in [0.15, 0.2) is 0 Å². The van der Waals surface area contributed by atoms with Crippen molar-refractivity contribution >= 4 is 29.0 Å². The number of ether oxygens (including phenoxy) is 1. The molecule has 1 saturated heterocycles. The number of likely N-dealkylation sites (N-methyl/N-ethyl adjacent to an activating group) is 1. The van der Waals surface area contributed by atoms with Crippen LogP contribution < -0.4 is 10.6 Å². The van der Waals surface area contributed by atoms with Gasteiger partial charge < -0.3 is 25.3 Å². The van der Waals surface area contributed by atoms with E-state index < -0.39 is 0 Å². The lowest BCUT2D eigenvalue weighted by Crippen LogP contribution is -2.38. The van der Waals surface area contributed by atoms with Gasteiger partial charge in [0.1, 0.15) is 5.82 Å². The number of fused-ring (bicyclic) bond motifs is 1. The number of aromatic amines is 1. The number of carbonyl (C=O) groups is 2. The molecule has 2 aliphatic rings. The number of nitrogens with zero attached hydrogens (tertiary/aromatic N) is 3. The minimum atomic E-state index is -0.319. The zero-order chi connectivity index (χ0) is 28.9. The number of morpholine rings is 1. The first-order valence-corrected chi connectivity index (χ1v) is 14.5. The molecule has 0 unspecified atom stereocenters. The number of aromatic nitrogens is 2. The number of pyridine rings is 1. The van der Waals surface area contributed by atoms with Crippen LogP contribution in [0.2, 0.25) is 0 Å². The van der Waals surface area contributed by atoms with Gasteiger partial charge in [-0.15, -0.1) is 0 Å². The van der Waals surface area contributed by atoms with Crippen LogP contribution in [0.3, 0.4) is 0 Å². The maximum atomic E-state index is 13.7. The average molecular weight is 565 g/mol. The lowest BCUT2D eigenvalue weighted by Gasteiger charge is -2.28. The number of para-hydroxylation sites is 1. The molecule has 1 atom stereocenters. The van der Waals surface area contributed by atoms with E-state index in [1.54, 1.807) is 11.1 Å². The molecule has 0 radical (unpaired) electrons. The monoisotopic (exact) mass is 564 g/mol. The predicted molar refractivity (Wildman–Crippen MR) is 164 cm³/mol. The van der Waals surface area contributed by atoms with Crippen molar-refractivity contribution in [3.05, 3.63) is 95.8 Å². The molecule has 0 saturated carbocycles. The van der Waals surface area contributed by atoms with Crippen LogP contribution in [0.25, 0.3) is 11.3 Å². The second-order valence-corrected chi connectivity index (χ2v) is 10.8. The Bertz CT molecular complexity index is 1530. The molecule has 9 heteroatoms. The highest BCUT2D eigenvalue weighted by atomic mass is 16.5. The topological polar surface area (TPSA) is 103 Å². The van der Waals surface area contributed by atoms with Crippen LogP contribution in [0.15, 0.2) is 79.0 Å². The third-order valence-corrected chi connectivity index (χ3v) is 8.03. The van der Waals surface area contributed by atoms with Gasteiger partial charge in [0.25, 0.3) is 5.91 Å². The van der Waals surface area contributed by atoms with Crippen molar-refractivity contribution in [3.63, 3.8) is 0 Å². The third-order valence-electron chi connectivity index (χ3n) is 8.03. The highest BCUT2D eigenvalue weighted by Gasteiger charge is 2.30. The lowest BCUT2D eigenvalue weighted by molar-refractivity contribution is -0.117. The largest absolute Gasteiger partial charge is 0.379 e. The summed E-state index contributed by atoms with van der Waals surface area (Å²) in [5.41, 5.74) is 5.76. The van der Waals surface area contributed by atoms with Gasteiger partial charge in [0.2, 0.25) is 5.91 Å². The maximum absolute atomic E-state index is 13.7. The Kier molecular flexibility index (Phi) is 8.30. The smallest absolute Gasteiger partial charge is 0.257 e. The summed E-state index contributed by atoms with van der Waals surface area (Å²) in [6.07, 6.45) is 3.12. The van der Waals surface area contributed by atoms with E-state index in [-0.39, 0.29) is 17.7 Å². The Morgan fingerprint density at radius 2 is 1.76 bits per heavy atom. The van der Waals surface area contributed by atoms with Gasteiger partial charge in [-0.05, 0) is 42.8 Å². The molecule has 0 bridgehead atoms. The van der Waals surface area contributed by atoms with Crippen LogP contribution in [0.5, 0.6) is 0 Å². The molecule has 2 aromatic heterocycles. The van der Waals surface area contributed by atoms with E-state index in [4.69, 9.17) is 4.74 Å². The van der Waals surface area contributed by atoms with E-state index in [9.17, 15) is 9.59 Å². The molecule has 0 spiro atoms. The Labute approximate surface area is 245 Å². The number of amides is 2. The highest BCUT2D eigenvalue weighted by Crippen LogP contribution is 2.38. The van der Waals surface area contributed by atoms with Crippen molar-refractivity contribution in [2.75, 3.05) is 57.1 Å². The first kappa shape index (κ1) is 27.7. The summed E-state index contributed by atoms with van der Waals surface area (Å²) in [5, 5.41) is 6.56. The fraction of sp³-hybridized carbons (Fsp3) is 0.303. The average Bonchev–Trinajstić information content (AvgIpc) is 3.39. The van der Waals surface area contributed by atoms with Gasteiger partial charge in [-0.25, -0.2) is 4.98 Å². The molecule has 1 fully saturated rings. The fourth-order valence-electron chi connectivity index (χ4n) is 5.69. The predicted octanol–water partition coefficient (Wildman–Crippen LogP) is 4.89. The summed E-state index contributed by atoms with van der Waals surface area (Å²) in [7, 11) is 1.83. The van der Waals surface area contributed by atoms with Gasteiger partial charge >= 0.3 is 0 Å². The first-order valence-electron chi connectivity index (χ1n) is 14.5. The van der Waals surface area contributed by atoms with Crippen LogP contribution in [-0.4, -0.2) is 78.0 Å². The van der Waals surface area contributed by atoms with E-state index >= 15 is 0 Å². The molecule has 0 aliphatic carbocycles. The molecule has 4 aromatic rings. The molecule has 9 nitrogen and oxygen atoms in total. The quantitative estimate of drug-likeness (QED) is 0.268. The zero-order valence-corrected chi connectivity index (χ0v) is 23.8. The van der Waals surface area contributed by atoms with Crippen molar-refractivity contribution in [1.82, 2.24) is 19.8 Å². The number of benzene rings is 2. The molecule has 2 amide bonds. The summed E-state index contributed by atoms with van der Waals surface area (Å²) < 4.78 is 5.49. The highest BCUT2D eigenvalue weighted by molar-refractivity contribution is 6.06. The van der Waals surface area contributed by atoms with Crippen LogP contribution >= 0.6 is 0 Å². The number of carbonyl (C=O) groups excluding carboxylic acids is 2.